The smallest absolute Gasteiger partial charge is 0.244 e. The SMILES string of the molecule is CC[C@@H](C(=O)NC1CCCC1)N(Cc1ccc(Cl)cc1)C(=O)CN(c1ccccc1OC)S(C)(=O)=O. The van der Waals surface area contributed by atoms with E-state index < -0.39 is 28.5 Å². The summed E-state index contributed by atoms with van der Waals surface area (Å²) in [7, 11) is -2.40. The molecule has 3 rings (SSSR count). The molecule has 1 aliphatic carbocycles. The van der Waals surface area contributed by atoms with Gasteiger partial charge in [-0.25, -0.2) is 8.42 Å². The topological polar surface area (TPSA) is 96.0 Å². The van der Waals surface area contributed by atoms with Gasteiger partial charge in [-0.1, -0.05) is 55.6 Å². The lowest BCUT2D eigenvalue weighted by molar-refractivity contribution is -0.140. The van der Waals surface area contributed by atoms with Gasteiger partial charge in [-0.05, 0) is 49.1 Å². The normalized spacial score (nSPS) is 14.8. The van der Waals surface area contributed by atoms with Crippen molar-refractivity contribution in [2.45, 2.75) is 57.7 Å². The maximum atomic E-state index is 13.8. The number of hydrogen-bond acceptors (Lipinski definition) is 5. The Bertz CT molecular complexity index is 1150. The van der Waals surface area contributed by atoms with E-state index in [1.807, 2.05) is 6.92 Å². The molecule has 0 unspecified atom stereocenters. The number of rotatable bonds is 11. The first kappa shape index (κ1) is 27.8. The molecule has 10 heteroatoms. The molecule has 0 spiro atoms. The van der Waals surface area contributed by atoms with Gasteiger partial charge in [0.05, 0.1) is 19.1 Å². The van der Waals surface area contributed by atoms with Crippen molar-refractivity contribution in [2.75, 3.05) is 24.2 Å². The Morgan fingerprint density at radius 2 is 1.75 bits per heavy atom. The monoisotopic (exact) mass is 535 g/mol. The Balaban J connectivity index is 1.94. The van der Waals surface area contributed by atoms with E-state index in [4.69, 9.17) is 16.3 Å². The standard InChI is InChI=1S/C26H34ClN3O5S/c1-4-22(26(32)28-21-9-5-6-10-21)29(17-19-13-15-20(27)16-14-19)25(31)18-30(36(3,33)34)23-11-7-8-12-24(23)35-2/h7-8,11-16,21-22H,4-6,9-10,17-18H2,1-3H3,(H,28,32)/t22-/m0/s1. The molecule has 1 N–H and O–H groups in total. The third kappa shape index (κ3) is 7.13. The van der Waals surface area contributed by atoms with Gasteiger partial charge in [0.25, 0.3) is 0 Å². The minimum Gasteiger partial charge on any atom is -0.495 e. The maximum Gasteiger partial charge on any atom is 0.244 e. The predicted molar refractivity (Wildman–Crippen MR) is 142 cm³/mol. The highest BCUT2D eigenvalue weighted by atomic mass is 35.5. The summed E-state index contributed by atoms with van der Waals surface area (Å²) in [6.45, 7) is 1.51. The van der Waals surface area contributed by atoms with Crippen LogP contribution in [0.15, 0.2) is 48.5 Å². The van der Waals surface area contributed by atoms with Gasteiger partial charge < -0.3 is 15.0 Å². The van der Waals surface area contributed by atoms with Crippen LogP contribution in [0, 0.1) is 0 Å². The fraction of sp³-hybridized carbons (Fsp3) is 0.462. The van der Waals surface area contributed by atoms with Crippen LogP contribution in [-0.4, -0.2) is 57.1 Å². The molecule has 1 fully saturated rings. The lowest BCUT2D eigenvalue weighted by Gasteiger charge is -2.33. The number of nitrogens with zero attached hydrogens (tertiary/aromatic N) is 2. The van der Waals surface area contributed by atoms with Gasteiger partial charge >= 0.3 is 0 Å². The second-order valence-electron chi connectivity index (χ2n) is 9.00. The summed E-state index contributed by atoms with van der Waals surface area (Å²) >= 11 is 6.03. The first-order valence-electron chi connectivity index (χ1n) is 12.1. The largest absolute Gasteiger partial charge is 0.495 e. The number of methoxy groups -OCH3 is 1. The van der Waals surface area contributed by atoms with Gasteiger partial charge in [0, 0.05) is 17.6 Å². The zero-order chi connectivity index (χ0) is 26.3. The first-order valence-corrected chi connectivity index (χ1v) is 14.3. The van der Waals surface area contributed by atoms with Crippen LogP contribution in [0.3, 0.4) is 0 Å². The molecule has 2 aromatic rings. The number of ether oxygens (including phenoxy) is 1. The van der Waals surface area contributed by atoms with Crippen molar-refractivity contribution in [3.05, 3.63) is 59.1 Å². The van der Waals surface area contributed by atoms with Gasteiger partial charge in [-0.2, -0.15) is 0 Å². The van der Waals surface area contributed by atoms with Crippen molar-refractivity contribution in [3.8, 4) is 5.75 Å². The summed E-state index contributed by atoms with van der Waals surface area (Å²) in [5.74, 6) is -0.393. The van der Waals surface area contributed by atoms with Gasteiger partial charge in [0.15, 0.2) is 0 Å². The van der Waals surface area contributed by atoms with E-state index >= 15 is 0 Å². The number of sulfonamides is 1. The molecule has 36 heavy (non-hydrogen) atoms. The number of hydrogen-bond donors (Lipinski definition) is 1. The Morgan fingerprint density at radius 1 is 1.11 bits per heavy atom. The van der Waals surface area contributed by atoms with Crippen molar-refractivity contribution < 1.29 is 22.7 Å². The van der Waals surface area contributed by atoms with Crippen molar-refractivity contribution in [2.24, 2.45) is 0 Å². The lowest BCUT2D eigenvalue weighted by atomic mass is 10.1. The quantitative estimate of drug-likeness (QED) is 0.469. The van der Waals surface area contributed by atoms with Gasteiger partial charge in [0.1, 0.15) is 18.3 Å². The van der Waals surface area contributed by atoms with E-state index in [-0.39, 0.29) is 24.2 Å². The molecule has 1 aliphatic rings. The average molecular weight is 536 g/mol. The molecule has 2 amide bonds. The lowest BCUT2D eigenvalue weighted by Crippen LogP contribution is -2.53. The summed E-state index contributed by atoms with van der Waals surface area (Å²) < 4.78 is 31.9. The summed E-state index contributed by atoms with van der Waals surface area (Å²) in [6, 6.07) is 13.0. The maximum absolute atomic E-state index is 13.8. The summed E-state index contributed by atoms with van der Waals surface area (Å²) in [5.41, 5.74) is 1.04. The van der Waals surface area contributed by atoms with Crippen molar-refractivity contribution >= 4 is 39.1 Å². The molecule has 0 saturated heterocycles. The zero-order valence-electron chi connectivity index (χ0n) is 20.9. The molecule has 0 heterocycles. The summed E-state index contributed by atoms with van der Waals surface area (Å²) in [4.78, 5) is 28.5. The van der Waals surface area contributed by atoms with Crippen molar-refractivity contribution in [1.29, 1.82) is 0 Å². The van der Waals surface area contributed by atoms with Crippen LogP contribution in [-0.2, 0) is 26.2 Å². The molecular formula is C26H34ClN3O5S. The highest BCUT2D eigenvalue weighted by Gasteiger charge is 2.33. The molecule has 1 atom stereocenters. The fourth-order valence-electron chi connectivity index (χ4n) is 4.50. The van der Waals surface area contributed by atoms with Crippen molar-refractivity contribution in [3.63, 3.8) is 0 Å². The van der Waals surface area contributed by atoms with Gasteiger partial charge in [-0.3, -0.25) is 13.9 Å². The third-order valence-corrected chi connectivity index (χ3v) is 7.77. The van der Waals surface area contributed by atoms with Crippen molar-refractivity contribution in [1.82, 2.24) is 10.2 Å². The molecule has 2 aromatic carbocycles. The first-order chi connectivity index (χ1) is 17.1. The molecular weight excluding hydrogens is 502 g/mol. The summed E-state index contributed by atoms with van der Waals surface area (Å²) in [6.07, 6.45) is 5.40. The molecule has 0 aliphatic heterocycles. The molecule has 0 radical (unpaired) electrons. The van der Waals surface area contributed by atoms with Crippen LogP contribution in [0.5, 0.6) is 5.75 Å². The number of benzene rings is 2. The van der Waals surface area contributed by atoms with E-state index in [9.17, 15) is 18.0 Å². The Hall–Kier alpha value is -2.78. The van der Waals surface area contributed by atoms with Crippen LogP contribution in [0.1, 0.15) is 44.6 Å². The number of amides is 2. The Kier molecular flexibility index (Phi) is 9.62. The highest BCUT2D eigenvalue weighted by Crippen LogP contribution is 2.30. The third-order valence-electron chi connectivity index (χ3n) is 6.39. The predicted octanol–water partition coefficient (Wildman–Crippen LogP) is 3.98. The van der Waals surface area contributed by atoms with Crippen LogP contribution in [0.2, 0.25) is 5.02 Å². The number of anilines is 1. The van der Waals surface area contributed by atoms with Crippen LogP contribution in [0.4, 0.5) is 5.69 Å². The molecule has 1 saturated carbocycles. The van der Waals surface area contributed by atoms with Gasteiger partial charge in [0.2, 0.25) is 21.8 Å². The highest BCUT2D eigenvalue weighted by molar-refractivity contribution is 7.92. The van der Waals surface area contributed by atoms with E-state index in [0.29, 0.717) is 17.2 Å². The van der Waals surface area contributed by atoms with E-state index in [2.05, 4.69) is 5.32 Å². The second-order valence-corrected chi connectivity index (χ2v) is 11.3. The molecule has 0 bridgehead atoms. The van der Waals surface area contributed by atoms with E-state index in [0.717, 1.165) is 41.8 Å². The number of para-hydroxylation sites is 2. The fourth-order valence-corrected chi connectivity index (χ4v) is 5.48. The Labute approximate surface area is 218 Å². The number of nitrogens with one attached hydrogen (secondary N) is 1. The van der Waals surface area contributed by atoms with Crippen LogP contribution in [0.25, 0.3) is 0 Å². The number of halogens is 1. The minimum absolute atomic E-state index is 0.0973. The minimum atomic E-state index is -3.84. The van der Waals surface area contributed by atoms with E-state index in [1.165, 1.54) is 12.0 Å². The number of carbonyl (C=O) groups is 2. The zero-order valence-corrected chi connectivity index (χ0v) is 22.5. The molecule has 8 nitrogen and oxygen atoms in total. The molecule has 196 valence electrons. The number of carbonyl (C=O) groups excluding carboxylic acids is 2. The Morgan fingerprint density at radius 3 is 2.33 bits per heavy atom. The summed E-state index contributed by atoms with van der Waals surface area (Å²) in [5, 5.41) is 3.65. The van der Waals surface area contributed by atoms with Gasteiger partial charge in [-0.15, -0.1) is 0 Å². The van der Waals surface area contributed by atoms with E-state index in [1.54, 1.807) is 48.5 Å². The van der Waals surface area contributed by atoms with Crippen LogP contribution < -0.4 is 14.4 Å². The van der Waals surface area contributed by atoms with Crippen LogP contribution >= 0.6 is 11.6 Å². The average Bonchev–Trinajstić information content (AvgIpc) is 3.35. The second kappa shape index (κ2) is 12.5. The molecule has 0 aromatic heterocycles.